The minimum absolute atomic E-state index is 0.114. The lowest BCUT2D eigenvalue weighted by molar-refractivity contribution is -0.111. The second-order valence-electron chi connectivity index (χ2n) is 11.8. The van der Waals surface area contributed by atoms with Crippen molar-refractivity contribution in [2.24, 2.45) is 0 Å². The van der Waals surface area contributed by atoms with Crippen molar-refractivity contribution >= 4 is 64.9 Å². The van der Waals surface area contributed by atoms with Crippen molar-refractivity contribution in [2.75, 3.05) is 63.7 Å². The van der Waals surface area contributed by atoms with Gasteiger partial charge in [-0.2, -0.15) is 4.98 Å². The smallest absolute Gasteiger partial charge is 0.410 e. The SMILES string of the molecule is C=CC(=O)Nc1cc(Nc2ncc(Cl)c(Nc3ccccc3P(C)(C)=O)n2)c(OC)cc1OC(COC)CN(C)C(=O)OC(C)(C)C. The molecular weight excluding hydrogens is 647 g/mol. The number of amides is 2. The molecule has 1 heterocycles. The quantitative estimate of drug-likeness (QED) is 0.130. The topological polar surface area (TPSA) is 153 Å². The lowest BCUT2D eigenvalue weighted by Gasteiger charge is -2.28. The molecule has 0 aliphatic rings. The Morgan fingerprint density at radius 2 is 1.79 bits per heavy atom. The van der Waals surface area contributed by atoms with Gasteiger partial charge >= 0.3 is 6.09 Å². The van der Waals surface area contributed by atoms with Crippen molar-refractivity contribution in [1.82, 2.24) is 14.9 Å². The fraction of sp³-hybridized carbons (Fsp3) is 0.375. The molecule has 2 aromatic carbocycles. The highest BCUT2D eigenvalue weighted by atomic mass is 35.5. The van der Waals surface area contributed by atoms with Crippen LogP contribution in [0, 0.1) is 0 Å². The molecule has 254 valence electrons. The number of rotatable bonds is 14. The van der Waals surface area contributed by atoms with Crippen LogP contribution >= 0.6 is 18.7 Å². The fourth-order valence-corrected chi connectivity index (χ4v) is 5.52. The number of anilines is 5. The van der Waals surface area contributed by atoms with Gasteiger partial charge in [-0.25, -0.2) is 9.78 Å². The zero-order valence-corrected chi connectivity index (χ0v) is 29.5. The molecule has 1 aromatic heterocycles. The van der Waals surface area contributed by atoms with E-state index in [1.807, 2.05) is 12.1 Å². The average Bonchev–Trinajstić information content (AvgIpc) is 2.98. The highest BCUT2D eigenvalue weighted by Gasteiger charge is 2.25. The van der Waals surface area contributed by atoms with Crippen molar-refractivity contribution in [2.45, 2.75) is 32.5 Å². The molecule has 0 saturated heterocycles. The zero-order valence-electron chi connectivity index (χ0n) is 27.8. The van der Waals surface area contributed by atoms with Crippen LogP contribution in [0.4, 0.5) is 33.6 Å². The van der Waals surface area contributed by atoms with Crippen LogP contribution in [-0.4, -0.2) is 86.3 Å². The maximum Gasteiger partial charge on any atom is 0.410 e. The number of ether oxygens (including phenoxy) is 4. The highest BCUT2D eigenvalue weighted by molar-refractivity contribution is 7.70. The first-order valence-corrected chi connectivity index (χ1v) is 17.5. The molecular formula is C32H42ClN6O7P. The summed E-state index contributed by atoms with van der Waals surface area (Å²) in [6.07, 6.45) is 1.35. The molecule has 0 spiro atoms. The number of aromatic nitrogens is 2. The summed E-state index contributed by atoms with van der Waals surface area (Å²) in [4.78, 5) is 35.2. The summed E-state index contributed by atoms with van der Waals surface area (Å²) < 4.78 is 35.6. The Hall–Kier alpha value is -4.32. The van der Waals surface area contributed by atoms with Crippen molar-refractivity contribution < 1.29 is 33.1 Å². The van der Waals surface area contributed by atoms with E-state index in [9.17, 15) is 14.2 Å². The first kappa shape index (κ1) is 37.1. The summed E-state index contributed by atoms with van der Waals surface area (Å²) in [7, 11) is 1.95. The van der Waals surface area contributed by atoms with Crippen LogP contribution in [0.2, 0.25) is 5.02 Å². The van der Waals surface area contributed by atoms with Crippen molar-refractivity contribution in [3.05, 3.63) is 60.3 Å². The summed E-state index contributed by atoms with van der Waals surface area (Å²) in [5, 5.41) is 9.89. The Labute approximate surface area is 280 Å². The van der Waals surface area contributed by atoms with Gasteiger partial charge in [0.15, 0.2) is 5.82 Å². The summed E-state index contributed by atoms with van der Waals surface area (Å²) in [6, 6.07) is 10.4. The molecule has 3 rings (SSSR count). The number of likely N-dealkylation sites (N-methyl/N-ethyl adjacent to an activating group) is 1. The van der Waals surface area contributed by atoms with E-state index in [1.165, 1.54) is 25.3 Å². The van der Waals surface area contributed by atoms with Gasteiger partial charge in [0, 0.05) is 25.5 Å². The summed E-state index contributed by atoms with van der Waals surface area (Å²) in [5.74, 6) is 0.499. The van der Waals surface area contributed by atoms with Crippen LogP contribution in [0.1, 0.15) is 20.8 Å². The normalized spacial score (nSPS) is 12.0. The minimum atomic E-state index is -2.61. The average molecular weight is 689 g/mol. The number of benzene rings is 2. The van der Waals surface area contributed by atoms with Crippen LogP contribution in [0.15, 0.2) is 55.3 Å². The molecule has 0 aliphatic carbocycles. The molecule has 1 unspecified atom stereocenters. The van der Waals surface area contributed by atoms with Gasteiger partial charge in [-0.3, -0.25) is 4.79 Å². The molecule has 47 heavy (non-hydrogen) atoms. The number of hydrogen-bond donors (Lipinski definition) is 3. The van der Waals surface area contributed by atoms with Crippen LogP contribution in [0.3, 0.4) is 0 Å². The maximum absolute atomic E-state index is 12.9. The Balaban J connectivity index is 1.96. The van der Waals surface area contributed by atoms with Crippen molar-refractivity contribution in [3.8, 4) is 11.5 Å². The van der Waals surface area contributed by atoms with Crippen molar-refractivity contribution in [3.63, 3.8) is 0 Å². The zero-order chi connectivity index (χ0) is 34.9. The molecule has 3 N–H and O–H groups in total. The number of methoxy groups -OCH3 is 2. The highest BCUT2D eigenvalue weighted by Crippen LogP contribution is 2.40. The first-order chi connectivity index (χ1) is 22.0. The predicted octanol–water partition coefficient (Wildman–Crippen LogP) is 6.26. The second-order valence-corrected chi connectivity index (χ2v) is 15.4. The van der Waals surface area contributed by atoms with E-state index in [0.29, 0.717) is 22.4 Å². The van der Waals surface area contributed by atoms with Gasteiger partial charge < -0.3 is 44.4 Å². The van der Waals surface area contributed by atoms with Gasteiger partial charge in [0.05, 0.1) is 43.5 Å². The molecule has 3 aromatic rings. The van der Waals surface area contributed by atoms with Gasteiger partial charge in [0.2, 0.25) is 11.9 Å². The molecule has 2 amide bonds. The third kappa shape index (κ3) is 10.9. The standard InChI is InChI=1S/C32H42ClN6O7P/c1-10-28(40)35-24-15-23(25(44-7)16-26(24)45-20(19-43-6)18-39(5)31(41)46-32(2,3)4)37-30-34-17-21(33)29(38-30)36-22-13-11-12-14-27(22)47(8,9)42/h10-17,20H,1,18-19H2,2-9H3,(H,35,40)(H2,34,36,37,38). The number of nitrogens with one attached hydrogen (secondary N) is 3. The number of nitrogens with zero attached hydrogens (tertiary/aromatic N) is 3. The van der Waals surface area contributed by atoms with E-state index in [-0.39, 0.29) is 41.4 Å². The Morgan fingerprint density at radius 1 is 1.09 bits per heavy atom. The molecule has 0 radical (unpaired) electrons. The minimum Gasteiger partial charge on any atom is -0.494 e. The Kier molecular flexibility index (Phi) is 12.6. The van der Waals surface area contributed by atoms with E-state index in [4.69, 9.17) is 30.5 Å². The molecule has 0 bridgehead atoms. The predicted molar refractivity (Wildman–Crippen MR) is 186 cm³/mol. The first-order valence-electron chi connectivity index (χ1n) is 14.5. The van der Waals surface area contributed by atoms with Crippen LogP contribution in [0.5, 0.6) is 11.5 Å². The lowest BCUT2D eigenvalue weighted by atomic mass is 10.2. The summed E-state index contributed by atoms with van der Waals surface area (Å²) in [5.41, 5.74) is 0.574. The van der Waals surface area contributed by atoms with Gasteiger partial charge in [0.1, 0.15) is 35.4 Å². The second kappa shape index (κ2) is 16.0. The van der Waals surface area contributed by atoms with Crippen molar-refractivity contribution in [1.29, 1.82) is 0 Å². The Bertz CT molecular complexity index is 1640. The number of carbonyl (C=O) groups is 2. The number of para-hydroxylation sites is 1. The third-order valence-corrected chi connectivity index (χ3v) is 8.13. The van der Waals surface area contributed by atoms with Gasteiger partial charge in [-0.15, -0.1) is 0 Å². The van der Waals surface area contributed by atoms with E-state index >= 15 is 0 Å². The summed E-state index contributed by atoms with van der Waals surface area (Å²) >= 11 is 6.43. The molecule has 0 saturated carbocycles. The fourth-order valence-electron chi connectivity index (χ4n) is 4.23. The molecule has 13 nitrogen and oxygen atoms in total. The van der Waals surface area contributed by atoms with Gasteiger partial charge in [0.25, 0.3) is 0 Å². The number of carbonyl (C=O) groups excluding carboxylic acids is 2. The maximum atomic E-state index is 12.9. The molecule has 0 aliphatic heterocycles. The largest absolute Gasteiger partial charge is 0.494 e. The number of halogens is 1. The van der Waals surface area contributed by atoms with E-state index < -0.39 is 30.8 Å². The monoisotopic (exact) mass is 688 g/mol. The number of hydrogen-bond acceptors (Lipinski definition) is 11. The molecule has 0 fully saturated rings. The molecule has 15 heteroatoms. The van der Waals surface area contributed by atoms with E-state index in [2.05, 4.69) is 32.5 Å². The lowest BCUT2D eigenvalue weighted by Crippen LogP contribution is -2.42. The van der Waals surface area contributed by atoms with E-state index in [1.54, 1.807) is 65.4 Å². The third-order valence-electron chi connectivity index (χ3n) is 6.30. The van der Waals surface area contributed by atoms with Gasteiger partial charge in [-0.05, 0) is 58.4 Å². The van der Waals surface area contributed by atoms with E-state index in [0.717, 1.165) is 6.08 Å². The van der Waals surface area contributed by atoms with Gasteiger partial charge in [-0.1, -0.05) is 30.3 Å². The summed E-state index contributed by atoms with van der Waals surface area (Å²) in [6.45, 7) is 12.5. The molecule has 1 atom stereocenters. The van der Waals surface area contributed by atoms with Crippen LogP contribution in [-0.2, 0) is 18.8 Å². The van der Waals surface area contributed by atoms with Crippen LogP contribution < -0.4 is 30.7 Å². The van der Waals surface area contributed by atoms with Crippen LogP contribution in [0.25, 0.3) is 0 Å². The Morgan fingerprint density at radius 3 is 2.40 bits per heavy atom.